The van der Waals surface area contributed by atoms with E-state index in [1.54, 1.807) is 25.2 Å². The number of nitrogens with zero attached hydrogens (tertiary/aromatic N) is 3. The van der Waals surface area contributed by atoms with Crippen molar-refractivity contribution >= 4 is 26.0 Å². The highest BCUT2D eigenvalue weighted by atomic mass is 79.9. The van der Waals surface area contributed by atoms with Crippen LogP contribution in [0.3, 0.4) is 0 Å². The summed E-state index contributed by atoms with van der Waals surface area (Å²) in [5.74, 6) is 0.424. The molecule has 96 valence electrons. The maximum absolute atomic E-state index is 12.0. The largest absolute Gasteiger partial charge is 0.256 e. The summed E-state index contributed by atoms with van der Waals surface area (Å²) in [5, 5.41) is 4.00. The van der Waals surface area contributed by atoms with E-state index in [-0.39, 0.29) is 11.4 Å². The Kier molecular flexibility index (Phi) is 3.79. The topological polar surface area (TPSA) is 76.9 Å². The summed E-state index contributed by atoms with van der Waals surface area (Å²) in [4.78, 5) is 4.14. The highest BCUT2D eigenvalue weighted by Crippen LogP contribution is 2.20. The van der Waals surface area contributed by atoms with Crippen molar-refractivity contribution in [2.45, 2.75) is 11.4 Å². The second-order valence-corrected chi connectivity index (χ2v) is 6.18. The SMILES string of the molecule is Cn1cnc(CNS(=O)(=O)c2ccccc2Br)n1. The van der Waals surface area contributed by atoms with Gasteiger partial charge in [-0.1, -0.05) is 12.1 Å². The van der Waals surface area contributed by atoms with Crippen LogP contribution >= 0.6 is 15.9 Å². The number of hydrogen-bond donors (Lipinski definition) is 1. The lowest BCUT2D eigenvalue weighted by atomic mass is 10.4. The summed E-state index contributed by atoms with van der Waals surface area (Å²) >= 11 is 3.21. The number of benzene rings is 1. The molecule has 0 aliphatic carbocycles. The average molecular weight is 331 g/mol. The molecule has 0 radical (unpaired) electrons. The Morgan fingerprint density at radius 1 is 1.39 bits per heavy atom. The van der Waals surface area contributed by atoms with Gasteiger partial charge in [-0.3, -0.25) is 4.68 Å². The predicted molar refractivity (Wildman–Crippen MR) is 69.2 cm³/mol. The van der Waals surface area contributed by atoms with E-state index < -0.39 is 10.0 Å². The molecule has 0 atom stereocenters. The van der Waals surface area contributed by atoms with Crippen LogP contribution in [0.15, 0.2) is 40.0 Å². The Bertz CT molecular complexity index is 653. The molecule has 1 aromatic carbocycles. The Labute approximate surface area is 113 Å². The van der Waals surface area contributed by atoms with Gasteiger partial charge in [0, 0.05) is 11.5 Å². The van der Waals surface area contributed by atoms with Gasteiger partial charge in [0.25, 0.3) is 0 Å². The van der Waals surface area contributed by atoms with E-state index in [2.05, 4.69) is 30.7 Å². The van der Waals surface area contributed by atoms with Gasteiger partial charge >= 0.3 is 0 Å². The first-order chi connectivity index (χ1) is 8.49. The normalized spacial score (nSPS) is 11.7. The highest BCUT2D eigenvalue weighted by molar-refractivity contribution is 9.10. The van der Waals surface area contributed by atoms with Crippen LogP contribution in [0.4, 0.5) is 0 Å². The molecular weight excluding hydrogens is 320 g/mol. The van der Waals surface area contributed by atoms with Gasteiger partial charge in [0.1, 0.15) is 6.33 Å². The third-order valence-electron chi connectivity index (χ3n) is 2.19. The molecule has 0 aliphatic rings. The van der Waals surface area contributed by atoms with Crippen LogP contribution in [0.1, 0.15) is 5.82 Å². The minimum absolute atomic E-state index is 0.0600. The molecule has 0 saturated heterocycles. The van der Waals surface area contributed by atoms with Crippen molar-refractivity contribution in [3.8, 4) is 0 Å². The van der Waals surface area contributed by atoms with Crippen molar-refractivity contribution in [1.82, 2.24) is 19.5 Å². The Hall–Kier alpha value is -1.25. The smallest absolute Gasteiger partial charge is 0.242 e. The van der Waals surface area contributed by atoms with Crippen molar-refractivity contribution in [1.29, 1.82) is 0 Å². The molecule has 0 bridgehead atoms. The van der Waals surface area contributed by atoms with E-state index >= 15 is 0 Å². The highest BCUT2D eigenvalue weighted by Gasteiger charge is 2.17. The molecule has 0 saturated carbocycles. The van der Waals surface area contributed by atoms with Gasteiger partial charge in [-0.25, -0.2) is 18.1 Å². The summed E-state index contributed by atoms with van der Waals surface area (Å²) in [6.45, 7) is 0.0600. The van der Waals surface area contributed by atoms with Crippen LogP contribution < -0.4 is 4.72 Å². The summed E-state index contributed by atoms with van der Waals surface area (Å²) in [7, 11) is -1.85. The molecule has 2 aromatic rings. The third kappa shape index (κ3) is 2.95. The molecule has 0 amide bonds. The molecule has 0 spiro atoms. The molecule has 1 N–H and O–H groups in total. The number of aryl methyl sites for hydroxylation is 1. The Balaban J connectivity index is 2.16. The van der Waals surface area contributed by atoms with Gasteiger partial charge in [0.05, 0.1) is 11.4 Å². The zero-order valence-corrected chi connectivity index (χ0v) is 11.9. The maximum Gasteiger partial charge on any atom is 0.242 e. The first-order valence-electron chi connectivity index (χ1n) is 5.08. The molecular formula is C10H11BrN4O2S. The molecule has 1 aromatic heterocycles. The van der Waals surface area contributed by atoms with Crippen molar-refractivity contribution in [2.24, 2.45) is 7.05 Å². The van der Waals surface area contributed by atoms with Crippen molar-refractivity contribution in [3.05, 3.63) is 40.9 Å². The third-order valence-corrected chi connectivity index (χ3v) is 4.61. The maximum atomic E-state index is 12.0. The Morgan fingerprint density at radius 2 is 2.11 bits per heavy atom. The van der Waals surface area contributed by atoms with E-state index in [1.165, 1.54) is 17.1 Å². The lowest BCUT2D eigenvalue weighted by Gasteiger charge is -2.06. The zero-order valence-electron chi connectivity index (χ0n) is 9.54. The van der Waals surface area contributed by atoms with Crippen LogP contribution in [0, 0.1) is 0 Å². The quantitative estimate of drug-likeness (QED) is 0.909. The molecule has 0 fully saturated rings. The Morgan fingerprint density at radius 3 is 2.72 bits per heavy atom. The lowest BCUT2D eigenvalue weighted by Crippen LogP contribution is -2.24. The zero-order chi connectivity index (χ0) is 13.2. The van der Waals surface area contributed by atoms with Crippen molar-refractivity contribution in [2.75, 3.05) is 0 Å². The summed E-state index contributed by atoms with van der Waals surface area (Å²) in [6, 6.07) is 6.62. The van der Waals surface area contributed by atoms with Crippen LogP contribution in [0.2, 0.25) is 0 Å². The number of nitrogens with one attached hydrogen (secondary N) is 1. The summed E-state index contributed by atoms with van der Waals surface area (Å²) < 4.78 is 28.5. The van der Waals surface area contributed by atoms with Crippen LogP contribution in [0.5, 0.6) is 0 Å². The van der Waals surface area contributed by atoms with Gasteiger partial charge in [0.15, 0.2) is 5.82 Å². The second kappa shape index (κ2) is 5.17. The second-order valence-electron chi connectivity index (χ2n) is 3.59. The monoisotopic (exact) mass is 330 g/mol. The van der Waals surface area contributed by atoms with Crippen molar-refractivity contribution < 1.29 is 8.42 Å². The first kappa shape index (κ1) is 13.2. The minimum atomic E-state index is -3.57. The standard InChI is InChI=1S/C10H11BrN4O2S/c1-15-7-12-10(14-15)6-13-18(16,17)9-5-3-2-4-8(9)11/h2-5,7,13H,6H2,1H3. The number of aromatic nitrogens is 3. The number of hydrogen-bond acceptors (Lipinski definition) is 4. The summed E-state index contributed by atoms with van der Waals surface area (Å²) in [6.07, 6.45) is 1.52. The van der Waals surface area contributed by atoms with Crippen LogP contribution in [0.25, 0.3) is 0 Å². The lowest BCUT2D eigenvalue weighted by molar-refractivity contribution is 0.578. The molecule has 0 unspecified atom stereocenters. The van der Waals surface area contributed by atoms with E-state index in [0.29, 0.717) is 10.3 Å². The fraction of sp³-hybridized carbons (Fsp3) is 0.200. The number of halogens is 1. The van der Waals surface area contributed by atoms with Gasteiger partial charge < -0.3 is 0 Å². The number of sulfonamides is 1. The molecule has 0 aliphatic heterocycles. The molecule has 2 rings (SSSR count). The van der Waals surface area contributed by atoms with Gasteiger partial charge in [0.2, 0.25) is 10.0 Å². The fourth-order valence-corrected chi connectivity index (χ4v) is 3.35. The average Bonchev–Trinajstić information content (AvgIpc) is 2.73. The molecule has 1 heterocycles. The molecule has 6 nitrogen and oxygen atoms in total. The van der Waals surface area contributed by atoms with Crippen LogP contribution in [-0.4, -0.2) is 23.2 Å². The predicted octanol–water partition coefficient (Wildman–Crippen LogP) is 1.06. The fourth-order valence-electron chi connectivity index (χ4n) is 1.36. The van der Waals surface area contributed by atoms with E-state index in [1.807, 2.05) is 0 Å². The van der Waals surface area contributed by atoms with E-state index in [9.17, 15) is 8.42 Å². The molecule has 18 heavy (non-hydrogen) atoms. The minimum Gasteiger partial charge on any atom is -0.256 e. The van der Waals surface area contributed by atoms with Crippen LogP contribution in [-0.2, 0) is 23.6 Å². The van der Waals surface area contributed by atoms with Crippen molar-refractivity contribution in [3.63, 3.8) is 0 Å². The van der Waals surface area contributed by atoms with E-state index in [0.717, 1.165) is 0 Å². The van der Waals surface area contributed by atoms with Gasteiger partial charge in [-0.15, -0.1) is 0 Å². The van der Waals surface area contributed by atoms with Gasteiger partial charge in [-0.05, 0) is 28.1 Å². The first-order valence-corrected chi connectivity index (χ1v) is 7.35. The van der Waals surface area contributed by atoms with Gasteiger partial charge in [-0.2, -0.15) is 5.10 Å². The summed E-state index contributed by atoms with van der Waals surface area (Å²) in [5.41, 5.74) is 0. The number of rotatable bonds is 4. The molecule has 8 heteroatoms. The van der Waals surface area contributed by atoms with E-state index in [4.69, 9.17) is 0 Å².